The smallest absolute Gasteiger partial charge is 0.394 e. The molecule has 2 aliphatic heterocycles. The molecule has 0 aromatic carbocycles. The van der Waals surface area contributed by atoms with Crippen LogP contribution in [0.25, 0.3) is 11.0 Å². The quantitative estimate of drug-likeness (QED) is 0.206. The number of carbonyl (C=O) groups is 1. The van der Waals surface area contributed by atoms with Gasteiger partial charge in [-0.2, -0.15) is 5.10 Å². The van der Waals surface area contributed by atoms with Crippen molar-refractivity contribution in [1.29, 1.82) is 0 Å². The number of nitrogens with zero attached hydrogens (tertiary/aromatic N) is 5. The van der Waals surface area contributed by atoms with E-state index in [1.807, 2.05) is 0 Å². The molecule has 1 saturated heterocycles. The Balaban J connectivity index is 0.000000245. The van der Waals surface area contributed by atoms with E-state index in [0.717, 1.165) is 0 Å². The van der Waals surface area contributed by atoms with E-state index >= 15 is 0 Å². The minimum absolute atomic E-state index is 0.163. The monoisotopic (exact) mass is 516 g/mol. The summed E-state index contributed by atoms with van der Waals surface area (Å²) in [4.78, 5) is 27.7. The fourth-order valence-electron chi connectivity index (χ4n) is 3.54. The number of hydrogen-bond acceptors (Lipinski definition) is 13. The van der Waals surface area contributed by atoms with Gasteiger partial charge in [0.05, 0.1) is 12.0 Å². The number of aliphatic hydroxyl groups excluding tert-OH is 3. The summed E-state index contributed by atoms with van der Waals surface area (Å²) in [6.45, 7) is 2.98. The maximum Gasteiger partial charge on any atom is 0.455 e. The zero-order chi connectivity index (χ0) is 26.2. The van der Waals surface area contributed by atoms with Crippen molar-refractivity contribution in [1.82, 2.24) is 14.5 Å². The molecule has 0 bridgehead atoms. The molecule has 0 saturated carbocycles. The summed E-state index contributed by atoms with van der Waals surface area (Å²) >= 11 is 0. The van der Waals surface area contributed by atoms with Crippen LogP contribution in [0.2, 0.25) is 0 Å². The molecule has 6 atom stereocenters. The van der Waals surface area contributed by atoms with Crippen LogP contribution in [-0.4, -0.2) is 84.6 Å². The number of amidine groups is 1. The first-order chi connectivity index (χ1) is 16.3. The van der Waals surface area contributed by atoms with Crippen LogP contribution < -0.4 is 22.0 Å². The van der Waals surface area contributed by atoms with E-state index < -0.39 is 50.9 Å². The van der Waals surface area contributed by atoms with Crippen LogP contribution in [0, 0.1) is 5.92 Å². The van der Waals surface area contributed by atoms with Crippen LogP contribution in [0.3, 0.4) is 0 Å². The average Bonchev–Trinajstić information content (AvgIpc) is 3.29. The number of hydrogen-bond donors (Lipinski definition) is 7. The van der Waals surface area contributed by atoms with Crippen molar-refractivity contribution < 1.29 is 38.8 Å². The predicted molar refractivity (Wildman–Crippen MR) is 123 cm³/mol. The van der Waals surface area contributed by atoms with Crippen molar-refractivity contribution in [3.05, 3.63) is 18.1 Å². The van der Waals surface area contributed by atoms with Crippen molar-refractivity contribution in [2.75, 3.05) is 18.7 Å². The molecule has 4 heterocycles. The third kappa shape index (κ3) is 5.44. The fraction of sp³-hybridized carbons (Fsp3) is 0.556. The molecule has 0 amide bonds. The minimum Gasteiger partial charge on any atom is -0.394 e. The van der Waals surface area contributed by atoms with E-state index in [1.165, 1.54) is 6.33 Å². The number of nitrogens with two attached hydrogens (primary N) is 3. The van der Waals surface area contributed by atoms with E-state index in [9.17, 15) is 24.7 Å². The van der Waals surface area contributed by atoms with Crippen LogP contribution in [0.15, 0.2) is 17.6 Å². The molecule has 2 unspecified atom stereocenters. The first kappa shape index (κ1) is 26.9. The number of anilines is 1. The summed E-state index contributed by atoms with van der Waals surface area (Å²) in [5.74, 6) is -0.239. The van der Waals surface area contributed by atoms with Gasteiger partial charge in [0.25, 0.3) is 0 Å². The summed E-state index contributed by atoms with van der Waals surface area (Å²) in [7, 11) is -2.52. The Morgan fingerprint density at radius 3 is 2.51 bits per heavy atom. The first-order valence-electron chi connectivity index (χ1n) is 10.4. The third-order valence-corrected chi connectivity index (χ3v) is 5.87. The lowest BCUT2D eigenvalue weighted by Crippen LogP contribution is -2.36. The van der Waals surface area contributed by atoms with Gasteiger partial charge in [0.1, 0.15) is 36.3 Å². The molecule has 4 rings (SSSR count). The Morgan fingerprint density at radius 1 is 1.31 bits per heavy atom. The fourth-order valence-corrected chi connectivity index (χ4v) is 3.92. The Hall–Kier alpha value is -2.69. The highest BCUT2D eigenvalue weighted by atomic mass is 31.2. The van der Waals surface area contributed by atoms with E-state index in [-0.39, 0.29) is 5.92 Å². The molecule has 194 valence electrons. The molecule has 2 aromatic rings. The van der Waals surface area contributed by atoms with Gasteiger partial charge in [0.2, 0.25) is 0 Å². The highest BCUT2D eigenvalue weighted by molar-refractivity contribution is 7.50. The van der Waals surface area contributed by atoms with Gasteiger partial charge in [-0.3, -0.25) is 0 Å². The molecule has 0 spiro atoms. The number of ether oxygens (including phenoxy) is 1. The number of aromatic nitrogens is 3. The second-order valence-electron chi connectivity index (χ2n) is 8.33. The van der Waals surface area contributed by atoms with Crippen molar-refractivity contribution in [3.8, 4) is 0 Å². The second-order valence-corrected chi connectivity index (χ2v) is 9.64. The SMILES string of the molecule is CC(C)C(N)C(=O)OP(N)(=O)O.CN1N=C(N)c2cn([C@@H]3O[C@H](CO)[C@@H](O)[C@H]3O)c3ncnc1c23. The highest BCUT2D eigenvalue weighted by Crippen LogP contribution is 2.37. The summed E-state index contributed by atoms with van der Waals surface area (Å²) < 4.78 is 21.5. The maximum atomic E-state index is 10.8. The van der Waals surface area contributed by atoms with E-state index in [1.54, 1.807) is 36.7 Å². The molecule has 0 aliphatic carbocycles. The van der Waals surface area contributed by atoms with Gasteiger partial charge >= 0.3 is 13.7 Å². The lowest BCUT2D eigenvalue weighted by molar-refractivity contribution is -0.137. The van der Waals surface area contributed by atoms with Gasteiger partial charge in [-0.15, -0.1) is 0 Å². The van der Waals surface area contributed by atoms with Crippen LogP contribution in [0.1, 0.15) is 25.6 Å². The standard InChI is InChI=1S/C13H16N6O4.C5H13N2O4P/c1-18-11-7-5(10(14)17-18)2-19(12(7)16-4-15-11)13-9(22)8(21)6(3-20)23-13;1-3(2)4(6)5(8)11-12(7,9)10/h2,4,6,8-9,13,20-22H,3H2,1H3,(H2,14,17);3-4H,6H2,1-2H3,(H3,7,9,10)/t6-,8-,9-,13-;/m1./s1. The Bertz CT molecular complexity index is 1170. The molecule has 2 aromatic heterocycles. The van der Waals surface area contributed by atoms with Crippen molar-refractivity contribution in [2.24, 2.45) is 28.0 Å². The molecule has 0 radical (unpaired) electrons. The van der Waals surface area contributed by atoms with Crippen molar-refractivity contribution >= 4 is 36.4 Å². The predicted octanol–water partition coefficient (Wildman–Crippen LogP) is -2.32. The third-order valence-electron chi connectivity index (χ3n) is 5.43. The molecule has 1 fully saturated rings. The number of hydrazone groups is 1. The normalized spacial score (nSPS) is 26.1. The van der Waals surface area contributed by atoms with Crippen LogP contribution >= 0.6 is 7.75 Å². The van der Waals surface area contributed by atoms with Crippen molar-refractivity contribution in [3.63, 3.8) is 0 Å². The molecular formula is C18H29N8O8P. The van der Waals surface area contributed by atoms with Gasteiger partial charge in [-0.1, -0.05) is 13.8 Å². The maximum absolute atomic E-state index is 10.8. The number of aliphatic hydroxyl groups is 3. The van der Waals surface area contributed by atoms with Crippen LogP contribution in [0.4, 0.5) is 5.82 Å². The molecule has 10 N–H and O–H groups in total. The summed E-state index contributed by atoms with van der Waals surface area (Å²) in [6, 6.07) is -0.922. The van der Waals surface area contributed by atoms with Gasteiger partial charge in [0, 0.05) is 18.8 Å². The topological polar surface area (TPSA) is 258 Å². The average molecular weight is 516 g/mol. The second kappa shape index (κ2) is 10.1. The van der Waals surface area contributed by atoms with E-state index in [0.29, 0.717) is 28.3 Å². The summed E-state index contributed by atoms with van der Waals surface area (Å²) in [6.07, 6.45) is -1.10. The van der Waals surface area contributed by atoms with Crippen LogP contribution in [0.5, 0.6) is 0 Å². The Kier molecular flexibility index (Phi) is 7.78. The number of rotatable bonds is 5. The molecular weight excluding hydrogens is 487 g/mol. The Labute approximate surface area is 199 Å². The van der Waals surface area contributed by atoms with Crippen molar-refractivity contribution in [2.45, 2.75) is 44.4 Å². The lowest BCUT2D eigenvalue weighted by atomic mass is 10.1. The lowest BCUT2D eigenvalue weighted by Gasteiger charge is -2.19. The molecule has 17 heteroatoms. The summed E-state index contributed by atoms with van der Waals surface area (Å²) in [5.41, 5.74) is 17.0. The molecule has 16 nitrogen and oxygen atoms in total. The zero-order valence-corrected chi connectivity index (χ0v) is 20.1. The Morgan fingerprint density at radius 2 is 1.97 bits per heavy atom. The summed E-state index contributed by atoms with van der Waals surface area (Å²) in [5, 5.41) is 35.9. The zero-order valence-electron chi connectivity index (χ0n) is 19.2. The first-order valence-corrected chi connectivity index (χ1v) is 12.1. The molecule has 2 aliphatic rings. The van der Waals surface area contributed by atoms with Gasteiger partial charge in [0.15, 0.2) is 17.9 Å². The number of carbonyl (C=O) groups excluding carboxylic acids is 1. The largest absolute Gasteiger partial charge is 0.455 e. The van der Waals surface area contributed by atoms with Gasteiger partial charge in [-0.05, 0) is 5.92 Å². The van der Waals surface area contributed by atoms with E-state index in [4.69, 9.17) is 21.1 Å². The van der Waals surface area contributed by atoms with Crippen LogP contribution in [-0.2, 0) is 18.6 Å². The van der Waals surface area contributed by atoms with E-state index in [2.05, 4.69) is 25.1 Å². The highest BCUT2D eigenvalue weighted by Gasteiger charge is 2.44. The van der Waals surface area contributed by atoms with Gasteiger partial charge < -0.3 is 45.5 Å². The molecule has 35 heavy (non-hydrogen) atoms. The minimum atomic E-state index is -4.24. The van der Waals surface area contributed by atoms with Gasteiger partial charge in [-0.25, -0.2) is 29.8 Å².